The molecule has 4 heteroatoms. The van der Waals surface area contributed by atoms with Gasteiger partial charge in [0.1, 0.15) is 0 Å². The molecule has 0 saturated heterocycles. The zero-order chi connectivity index (χ0) is 52.6. The Labute approximate surface area is 459 Å². The second kappa shape index (κ2) is 22.4. The van der Waals surface area contributed by atoms with Crippen molar-refractivity contribution in [3.8, 4) is 33.4 Å². The van der Waals surface area contributed by atoms with Gasteiger partial charge in [-0.3, -0.25) is 0 Å². The number of hydrogen-bond acceptors (Lipinski definition) is 4. The highest BCUT2D eigenvalue weighted by Gasteiger charge is 2.18. The Balaban J connectivity index is 0.780. The minimum absolute atomic E-state index is 1.09. The van der Waals surface area contributed by atoms with Gasteiger partial charge in [-0.2, -0.15) is 0 Å². The van der Waals surface area contributed by atoms with Gasteiger partial charge >= 0.3 is 0 Å². The number of rotatable bonds is 15. The molecule has 0 saturated carbocycles. The van der Waals surface area contributed by atoms with Crippen molar-refractivity contribution in [1.29, 1.82) is 0 Å². The lowest BCUT2D eigenvalue weighted by Crippen LogP contribution is -2.10. The third kappa shape index (κ3) is 10.6. The van der Waals surface area contributed by atoms with Crippen molar-refractivity contribution in [2.75, 3.05) is 19.6 Å². The van der Waals surface area contributed by atoms with E-state index in [1.54, 1.807) is 0 Å². The second-order valence-electron chi connectivity index (χ2n) is 19.6. The molecule has 0 radical (unpaired) electrons. The van der Waals surface area contributed by atoms with Crippen LogP contribution in [0.25, 0.3) is 33.4 Å². The van der Waals surface area contributed by atoms with Gasteiger partial charge in [0, 0.05) is 68.2 Å². The maximum atomic E-state index is 2.34. The highest BCUT2D eigenvalue weighted by Crippen LogP contribution is 2.42. The third-order valence-electron chi connectivity index (χ3n) is 14.3. The Morgan fingerprint density at radius 1 is 0.154 bits per heavy atom. The molecule has 0 fully saturated rings. The SMILES string of the molecule is Cc1cccc(N(c2ccccc2)c2ccc(-c3ccc(N(c4ccc(-c5ccc(N(c6ccccc6)c6ccc(-c7ccc(N(c8ccccc8)c8ccccc8)cc7)cc6)cc5)cc4)c4cccc(C)c4)cc3)cc2)c1. The Morgan fingerprint density at radius 3 is 0.513 bits per heavy atom. The molecule has 4 nitrogen and oxygen atoms in total. The highest BCUT2D eigenvalue weighted by atomic mass is 15.2. The van der Waals surface area contributed by atoms with Crippen molar-refractivity contribution < 1.29 is 0 Å². The molecule has 0 atom stereocenters. The number of benzene rings is 12. The van der Waals surface area contributed by atoms with Crippen LogP contribution in [0.2, 0.25) is 0 Å². The molecule has 12 aromatic rings. The fourth-order valence-corrected chi connectivity index (χ4v) is 10.4. The zero-order valence-corrected chi connectivity index (χ0v) is 43.8. The van der Waals surface area contributed by atoms with Gasteiger partial charge in [0.05, 0.1) is 0 Å². The van der Waals surface area contributed by atoms with Crippen molar-refractivity contribution in [2.24, 2.45) is 0 Å². The van der Waals surface area contributed by atoms with Crippen molar-refractivity contribution >= 4 is 68.2 Å². The highest BCUT2D eigenvalue weighted by molar-refractivity contribution is 5.85. The molecule has 12 aromatic carbocycles. The maximum absolute atomic E-state index is 2.34. The van der Waals surface area contributed by atoms with Crippen molar-refractivity contribution in [2.45, 2.75) is 13.8 Å². The summed E-state index contributed by atoms with van der Waals surface area (Å²) in [4.78, 5) is 9.27. The maximum Gasteiger partial charge on any atom is 0.0464 e. The van der Waals surface area contributed by atoms with Crippen LogP contribution < -0.4 is 19.6 Å². The topological polar surface area (TPSA) is 13.0 Å². The normalized spacial score (nSPS) is 10.9. The van der Waals surface area contributed by atoms with Gasteiger partial charge in [0.25, 0.3) is 0 Å². The van der Waals surface area contributed by atoms with E-state index < -0.39 is 0 Å². The van der Waals surface area contributed by atoms with E-state index in [1.165, 1.54) is 11.1 Å². The summed E-state index contributed by atoms with van der Waals surface area (Å²) in [5.41, 5.74) is 22.7. The lowest BCUT2D eigenvalue weighted by atomic mass is 10.0. The summed E-state index contributed by atoms with van der Waals surface area (Å²) < 4.78 is 0. The Bertz CT molecular complexity index is 3830. The van der Waals surface area contributed by atoms with Gasteiger partial charge in [-0.1, -0.05) is 170 Å². The molecule has 78 heavy (non-hydrogen) atoms. The fourth-order valence-electron chi connectivity index (χ4n) is 10.4. The second-order valence-corrected chi connectivity index (χ2v) is 19.6. The average molecular weight is 1000 g/mol. The third-order valence-corrected chi connectivity index (χ3v) is 14.3. The molecule has 0 aliphatic carbocycles. The zero-order valence-electron chi connectivity index (χ0n) is 43.8. The van der Waals surface area contributed by atoms with Crippen molar-refractivity contribution in [1.82, 2.24) is 0 Å². The molecule has 374 valence electrons. The first-order valence-corrected chi connectivity index (χ1v) is 26.6. The van der Waals surface area contributed by atoms with E-state index in [1.807, 2.05) is 0 Å². The van der Waals surface area contributed by atoms with E-state index in [0.29, 0.717) is 0 Å². The van der Waals surface area contributed by atoms with Crippen LogP contribution in [0.1, 0.15) is 11.1 Å². The Kier molecular flexibility index (Phi) is 14.0. The first-order valence-electron chi connectivity index (χ1n) is 26.6. The molecular formula is C74H58N4. The Morgan fingerprint density at radius 2 is 0.321 bits per heavy atom. The monoisotopic (exact) mass is 1000 g/mol. The van der Waals surface area contributed by atoms with Crippen LogP contribution in [0.5, 0.6) is 0 Å². The number of anilines is 12. The molecule has 0 N–H and O–H groups in total. The van der Waals surface area contributed by atoms with Crippen LogP contribution >= 0.6 is 0 Å². The van der Waals surface area contributed by atoms with Crippen molar-refractivity contribution in [3.05, 3.63) is 327 Å². The van der Waals surface area contributed by atoms with E-state index in [-0.39, 0.29) is 0 Å². The van der Waals surface area contributed by atoms with Crippen LogP contribution in [0, 0.1) is 13.8 Å². The largest absolute Gasteiger partial charge is 0.311 e. The fraction of sp³-hybridized carbons (Fsp3) is 0.0270. The predicted molar refractivity (Wildman–Crippen MR) is 331 cm³/mol. The van der Waals surface area contributed by atoms with Gasteiger partial charge in [-0.05, 0) is 204 Å². The average Bonchev–Trinajstić information content (AvgIpc) is 3.53. The van der Waals surface area contributed by atoms with E-state index in [0.717, 1.165) is 102 Å². The number of para-hydroxylation sites is 4. The Hall–Kier alpha value is -10.2. The lowest BCUT2D eigenvalue weighted by Gasteiger charge is -2.27. The molecule has 0 amide bonds. The molecule has 12 rings (SSSR count). The summed E-state index contributed by atoms with van der Waals surface area (Å²) in [5.74, 6) is 0. The van der Waals surface area contributed by atoms with Gasteiger partial charge in [0.2, 0.25) is 0 Å². The van der Waals surface area contributed by atoms with Crippen LogP contribution in [0.3, 0.4) is 0 Å². The summed E-state index contributed by atoms with van der Waals surface area (Å²) in [6.45, 7) is 4.29. The molecule has 0 aliphatic heterocycles. The summed E-state index contributed by atoms with van der Waals surface area (Å²) in [6.07, 6.45) is 0. The first kappa shape index (κ1) is 48.8. The summed E-state index contributed by atoms with van der Waals surface area (Å²) in [7, 11) is 0. The van der Waals surface area contributed by atoms with E-state index in [2.05, 4.69) is 349 Å². The lowest BCUT2D eigenvalue weighted by molar-refractivity contribution is 1.27. The quantitative estimate of drug-likeness (QED) is 0.101. The van der Waals surface area contributed by atoms with Crippen LogP contribution in [-0.2, 0) is 0 Å². The molecule has 0 aliphatic rings. The summed E-state index contributed by atoms with van der Waals surface area (Å²) in [5, 5.41) is 0. The molecule has 0 spiro atoms. The molecule has 0 bridgehead atoms. The smallest absolute Gasteiger partial charge is 0.0464 e. The number of nitrogens with zero attached hydrogens (tertiary/aromatic N) is 4. The summed E-state index contributed by atoms with van der Waals surface area (Å²) in [6, 6.07) is 113. The van der Waals surface area contributed by atoms with Crippen LogP contribution in [0.15, 0.2) is 315 Å². The van der Waals surface area contributed by atoms with Gasteiger partial charge < -0.3 is 19.6 Å². The molecular weight excluding hydrogens is 945 g/mol. The van der Waals surface area contributed by atoms with Gasteiger partial charge in [-0.15, -0.1) is 0 Å². The standard InChI is InChI=1S/C74H58N4/c1-55-17-15-27-73(53-55)77(66-25-13-6-14-26-66)70-47-35-60(36-48-70)62-39-51-72(52-40-62)78(74-28-16-18-56(2)54-74)71-49-37-61(38-50-71)59-33-45-69(46-34-59)76(65-23-11-5-12-24-65)68-43-31-58(32-44-68)57-29-41-67(42-30-57)75(63-19-7-3-8-20-63)64-21-9-4-10-22-64/h3-54H,1-2H3. The van der Waals surface area contributed by atoms with E-state index in [9.17, 15) is 0 Å². The summed E-state index contributed by atoms with van der Waals surface area (Å²) >= 11 is 0. The van der Waals surface area contributed by atoms with E-state index in [4.69, 9.17) is 0 Å². The molecule has 0 heterocycles. The van der Waals surface area contributed by atoms with Crippen LogP contribution in [-0.4, -0.2) is 0 Å². The van der Waals surface area contributed by atoms with Crippen LogP contribution in [0.4, 0.5) is 68.2 Å². The predicted octanol–water partition coefficient (Wildman–Crippen LogP) is 21.2. The minimum atomic E-state index is 1.09. The number of hydrogen-bond donors (Lipinski definition) is 0. The first-order chi connectivity index (χ1) is 38.5. The molecule has 0 aromatic heterocycles. The minimum Gasteiger partial charge on any atom is -0.311 e. The van der Waals surface area contributed by atoms with Gasteiger partial charge in [0.15, 0.2) is 0 Å². The number of aryl methyl sites for hydroxylation is 2. The van der Waals surface area contributed by atoms with Gasteiger partial charge in [-0.25, -0.2) is 0 Å². The molecule has 0 unspecified atom stereocenters. The van der Waals surface area contributed by atoms with Crippen molar-refractivity contribution in [3.63, 3.8) is 0 Å². The van der Waals surface area contributed by atoms with E-state index >= 15 is 0 Å².